The maximum atomic E-state index is 2.82. The maximum absolute atomic E-state index is 2.82. The van der Waals surface area contributed by atoms with Crippen molar-refractivity contribution in [2.24, 2.45) is 0 Å². The van der Waals surface area contributed by atoms with Crippen molar-refractivity contribution in [1.82, 2.24) is 4.90 Å². The summed E-state index contributed by atoms with van der Waals surface area (Å²) in [7, 11) is 0. The molecule has 0 aromatic carbocycles. The van der Waals surface area contributed by atoms with Gasteiger partial charge in [-0.05, 0) is 19.8 Å². The molecule has 1 heterocycles. The van der Waals surface area contributed by atoms with E-state index in [9.17, 15) is 0 Å². The second kappa shape index (κ2) is 11.0. The molecule has 1 aliphatic heterocycles. The molecule has 2 heteroatoms. The topological polar surface area (TPSA) is 3.24 Å². The van der Waals surface area contributed by atoms with Gasteiger partial charge in [0.15, 0.2) is 0 Å². The smallest absolute Gasteiger partial charge is 0.0182 e. The van der Waals surface area contributed by atoms with E-state index in [0.717, 1.165) is 0 Å². The third kappa shape index (κ3) is 6.85. The van der Waals surface area contributed by atoms with Crippen LogP contribution in [0.4, 0.5) is 0 Å². The zero-order valence-electron chi connectivity index (χ0n) is 14.3. The van der Waals surface area contributed by atoms with Crippen molar-refractivity contribution in [2.45, 2.75) is 90.5 Å². The van der Waals surface area contributed by atoms with E-state index in [-0.39, 0.29) is 0 Å². The molecule has 1 aliphatic rings. The molecule has 1 fully saturated rings. The minimum atomic E-state index is 0.488. The van der Waals surface area contributed by atoms with E-state index < -0.39 is 0 Å². The number of hydrogen-bond donors (Lipinski definition) is 0. The van der Waals surface area contributed by atoms with Gasteiger partial charge in [0.1, 0.15) is 0 Å². The van der Waals surface area contributed by atoms with Gasteiger partial charge in [0.05, 0.1) is 0 Å². The summed E-state index contributed by atoms with van der Waals surface area (Å²) in [6.45, 7) is 9.82. The third-order valence-electron chi connectivity index (χ3n) is 4.91. The third-order valence-corrected chi connectivity index (χ3v) is 5.85. The van der Waals surface area contributed by atoms with Gasteiger partial charge in [0.2, 0.25) is 0 Å². The molecule has 0 N–H and O–H groups in total. The highest BCUT2D eigenvalue weighted by molar-refractivity contribution is 7.99. The molecule has 0 radical (unpaired) electrons. The Balaban J connectivity index is 2.40. The lowest BCUT2D eigenvalue weighted by molar-refractivity contribution is 0.0912. The van der Waals surface area contributed by atoms with Crippen LogP contribution in [0.15, 0.2) is 0 Å². The Kier molecular flexibility index (Phi) is 10.1. The fourth-order valence-corrected chi connectivity index (χ4v) is 4.31. The minimum Gasteiger partial charge on any atom is -0.296 e. The number of thioether (sulfide) groups is 1. The fourth-order valence-electron chi connectivity index (χ4n) is 3.41. The Morgan fingerprint density at radius 2 is 1.30 bits per heavy atom. The van der Waals surface area contributed by atoms with Crippen LogP contribution in [0.1, 0.15) is 85.0 Å². The molecular formula is C18H37NS. The normalized spacial score (nSPS) is 19.9. The van der Waals surface area contributed by atoms with Crippen LogP contribution in [0.3, 0.4) is 0 Å². The lowest BCUT2D eigenvalue weighted by atomic mass is 9.86. The van der Waals surface area contributed by atoms with Crippen LogP contribution in [0, 0.1) is 0 Å². The first kappa shape index (κ1) is 18.4. The fraction of sp³-hybridized carbons (Fsp3) is 1.00. The van der Waals surface area contributed by atoms with Crippen LogP contribution in [0.25, 0.3) is 0 Å². The van der Waals surface area contributed by atoms with Crippen molar-refractivity contribution in [2.75, 3.05) is 24.6 Å². The monoisotopic (exact) mass is 299 g/mol. The lowest BCUT2D eigenvalue weighted by Gasteiger charge is -2.44. The van der Waals surface area contributed by atoms with E-state index in [1.54, 1.807) is 0 Å². The number of hydrogen-bond acceptors (Lipinski definition) is 2. The standard InChI is InChI=1S/C18H37NS/c1-4-6-8-9-11-13-18(3,12-10-7-5-2)19-14-16-20-17-15-19/h4-17H2,1-3H3. The Morgan fingerprint density at radius 1 is 0.800 bits per heavy atom. The summed E-state index contributed by atoms with van der Waals surface area (Å²) >= 11 is 2.14. The van der Waals surface area contributed by atoms with Crippen LogP contribution in [0.2, 0.25) is 0 Å². The molecule has 0 aromatic heterocycles. The summed E-state index contributed by atoms with van der Waals surface area (Å²) in [5.41, 5.74) is 0.488. The lowest BCUT2D eigenvalue weighted by Crippen LogP contribution is -2.50. The van der Waals surface area contributed by atoms with E-state index in [1.165, 1.54) is 88.8 Å². The average molecular weight is 300 g/mol. The van der Waals surface area contributed by atoms with Crippen LogP contribution < -0.4 is 0 Å². The molecule has 0 aromatic rings. The summed E-state index contributed by atoms with van der Waals surface area (Å²) in [6, 6.07) is 0. The molecule has 1 unspecified atom stereocenters. The Bertz CT molecular complexity index is 225. The zero-order chi connectivity index (χ0) is 14.7. The summed E-state index contributed by atoms with van der Waals surface area (Å²) < 4.78 is 0. The second-order valence-electron chi connectivity index (χ2n) is 6.72. The van der Waals surface area contributed by atoms with Crippen LogP contribution in [-0.2, 0) is 0 Å². The van der Waals surface area contributed by atoms with Gasteiger partial charge in [-0.2, -0.15) is 11.8 Å². The van der Waals surface area contributed by atoms with Crippen molar-refractivity contribution >= 4 is 11.8 Å². The Hall–Kier alpha value is 0.310. The van der Waals surface area contributed by atoms with Crippen molar-refractivity contribution in [3.63, 3.8) is 0 Å². The van der Waals surface area contributed by atoms with Crippen LogP contribution >= 0.6 is 11.8 Å². The Morgan fingerprint density at radius 3 is 1.90 bits per heavy atom. The van der Waals surface area contributed by atoms with E-state index in [1.807, 2.05) is 0 Å². The highest BCUT2D eigenvalue weighted by atomic mass is 32.2. The van der Waals surface area contributed by atoms with E-state index in [2.05, 4.69) is 37.4 Å². The molecule has 1 rings (SSSR count). The van der Waals surface area contributed by atoms with Gasteiger partial charge in [-0.25, -0.2) is 0 Å². The molecule has 0 saturated carbocycles. The second-order valence-corrected chi connectivity index (χ2v) is 7.94. The SMILES string of the molecule is CCCCCCCC(C)(CCCCC)N1CCSCC1. The zero-order valence-corrected chi connectivity index (χ0v) is 15.1. The summed E-state index contributed by atoms with van der Waals surface area (Å²) in [4.78, 5) is 2.82. The van der Waals surface area contributed by atoms with Gasteiger partial charge in [0, 0.05) is 30.1 Å². The quantitative estimate of drug-likeness (QED) is 0.448. The van der Waals surface area contributed by atoms with Crippen molar-refractivity contribution < 1.29 is 0 Å². The average Bonchev–Trinajstić information content (AvgIpc) is 2.48. The molecule has 0 amide bonds. The van der Waals surface area contributed by atoms with Crippen molar-refractivity contribution in [1.29, 1.82) is 0 Å². The first-order valence-electron chi connectivity index (χ1n) is 9.05. The van der Waals surface area contributed by atoms with E-state index in [0.29, 0.717) is 5.54 Å². The summed E-state index contributed by atoms with van der Waals surface area (Å²) in [5, 5.41) is 0. The molecule has 1 saturated heterocycles. The maximum Gasteiger partial charge on any atom is 0.0182 e. The molecule has 0 aliphatic carbocycles. The molecule has 0 spiro atoms. The number of unbranched alkanes of at least 4 members (excludes halogenated alkanes) is 6. The first-order chi connectivity index (χ1) is 9.73. The molecule has 20 heavy (non-hydrogen) atoms. The summed E-state index contributed by atoms with van der Waals surface area (Å²) in [6.07, 6.45) is 14.1. The molecular weight excluding hydrogens is 262 g/mol. The van der Waals surface area contributed by atoms with Gasteiger partial charge in [0.25, 0.3) is 0 Å². The van der Waals surface area contributed by atoms with Crippen LogP contribution in [-0.4, -0.2) is 35.0 Å². The first-order valence-corrected chi connectivity index (χ1v) is 10.2. The minimum absolute atomic E-state index is 0.488. The van der Waals surface area contributed by atoms with E-state index in [4.69, 9.17) is 0 Å². The highest BCUT2D eigenvalue weighted by Gasteiger charge is 2.31. The predicted octanol–water partition coefficient (Wildman–Crippen LogP) is 5.73. The van der Waals surface area contributed by atoms with Gasteiger partial charge >= 0.3 is 0 Å². The molecule has 120 valence electrons. The molecule has 1 nitrogen and oxygen atoms in total. The van der Waals surface area contributed by atoms with Gasteiger partial charge in [-0.1, -0.05) is 65.2 Å². The molecule has 1 atom stereocenters. The van der Waals surface area contributed by atoms with Gasteiger partial charge < -0.3 is 0 Å². The van der Waals surface area contributed by atoms with Gasteiger partial charge in [-0.15, -0.1) is 0 Å². The number of nitrogens with zero attached hydrogens (tertiary/aromatic N) is 1. The Labute approximate surface area is 132 Å². The van der Waals surface area contributed by atoms with E-state index >= 15 is 0 Å². The van der Waals surface area contributed by atoms with Crippen LogP contribution in [0.5, 0.6) is 0 Å². The molecule has 0 bridgehead atoms. The van der Waals surface area contributed by atoms with Crippen molar-refractivity contribution in [3.8, 4) is 0 Å². The van der Waals surface area contributed by atoms with Gasteiger partial charge in [-0.3, -0.25) is 4.90 Å². The largest absolute Gasteiger partial charge is 0.296 e. The predicted molar refractivity (Wildman–Crippen MR) is 94.8 cm³/mol. The van der Waals surface area contributed by atoms with Crippen molar-refractivity contribution in [3.05, 3.63) is 0 Å². The summed E-state index contributed by atoms with van der Waals surface area (Å²) in [5.74, 6) is 2.69. The number of rotatable bonds is 11. The highest BCUT2D eigenvalue weighted by Crippen LogP contribution is 2.31.